The molecule has 4 heteroatoms. The minimum absolute atomic E-state index is 0.130. The van der Waals surface area contributed by atoms with Gasteiger partial charge in [0.25, 0.3) is 0 Å². The summed E-state index contributed by atoms with van der Waals surface area (Å²) in [7, 11) is 3.31. The van der Waals surface area contributed by atoms with E-state index < -0.39 is 0 Å². The SMILES string of the molecule is COC(CNCCC1CCOC1)OC. The van der Waals surface area contributed by atoms with Gasteiger partial charge in [0.05, 0.1) is 0 Å². The smallest absolute Gasteiger partial charge is 0.169 e. The molecule has 4 nitrogen and oxygen atoms in total. The lowest BCUT2D eigenvalue weighted by atomic mass is 10.1. The Kier molecular flexibility index (Phi) is 6.10. The summed E-state index contributed by atoms with van der Waals surface area (Å²) >= 11 is 0. The summed E-state index contributed by atoms with van der Waals surface area (Å²) in [5.41, 5.74) is 0. The molecule has 0 aromatic carbocycles. The van der Waals surface area contributed by atoms with E-state index in [-0.39, 0.29) is 6.29 Å². The van der Waals surface area contributed by atoms with Crippen LogP contribution in [-0.4, -0.2) is 46.8 Å². The fourth-order valence-corrected chi connectivity index (χ4v) is 1.60. The van der Waals surface area contributed by atoms with Gasteiger partial charge in [-0.3, -0.25) is 0 Å². The molecule has 0 amide bonds. The monoisotopic (exact) mass is 203 g/mol. The van der Waals surface area contributed by atoms with Crippen LogP contribution >= 0.6 is 0 Å². The van der Waals surface area contributed by atoms with Crippen LogP contribution in [0, 0.1) is 5.92 Å². The van der Waals surface area contributed by atoms with E-state index in [1.165, 1.54) is 12.8 Å². The zero-order valence-electron chi connectivity index (χ0n) is 9.12. The van der Waals surface area contributed by atoms with Crippen molar-refractivity contribution in [3.8, 4) is 0 Å². The fourth-order valence-electron chi connectivity index (χ4n) is 1.60. The van der Waals surface area contributed by atoms with Gasteiger partial charge in [0, 0.05) is 34.0 Å². The van der Waals surface area contributed by atoms with Gasteiger partial charge in [-0.25, -0.2) is 0 Å². The maximum atomic E-state index is 5.30. The van der Waals surface area contributed by atoms with Crippen LogP contribution in [0.1, 0.15) is 12.8 Å². The molecule has 0 bridgehead atoms. The molecule has 0 aliphatic carbocycles. The van der Waals surface area contributed by atoms with Crippen molar-refractivity contribution in [2.24, 2.45) is 5.92 Å². The molecule has 1 saturated heterocycles. The van der Waals surface area contributed by atoms with Crippen LogP contribution in [0.15, 0.2) is 0 Å². The first-order valence-electron chi connectivity index (χ1n) is 5.21. The molecule has 1 N–H and O–H groups in total. The molecule has 1 atom stereocenters. The third-order valence-corrected chi connectivity index (χ3v) is 2.59. The van der Waals surface area contributed by atoms with Crippen molar-refractivity contribution in [2.75, 3.05) is 40.5 Å². The van der Waals surface area contributed by atoms with Gasteiger partial charge >= 0.3 is 0 Å². The zero-order chi connectivity index (χ0) is 10.2. The molecule has 0 spiro atoms. The van der Waals surface area contributed by atoms with Crippen LogP contribution < -0.4 is 5.32 Å². The van der Waals surface area contributed by atoms with Crippen molar-refractivity contribution in [1.29, 1.82) is 0 Å². The molecule has 1 unspecified atom stereocenters. The van der Waals surface area contributed by atoms with E-state index in [2.05, 4.69) is 5.32 Å². The van der Waals surface area contributed by atoms with E-state index in [1.54, 1.807) is 14.2 Å². The van der Waals surface area contributed by atoms with Gasteiger partial charge in [-0.1, -0.05) is 0 Å². The first-order valence-corrected chi connectivity index (χ1v) is 5.21. The van der Waals surface area contributed by atoms with Gasteiger partial charge in [-0.15, -0.1) is 0 Å². The molecule has 1 fully saturated rings. The lowest BCUT2D eigenvalue weighted by molar-refractivity contribution is -0.0987. The van der Waals surface area contributed by atoms with Crippen molar-refractivity contribution in [3.05, 3.63) is 0 Å². The number of hydrogen-bond donors (Lipinski definition) is 1. The highest BCUT2D eigenvalue weighted by Gasteiger charge is 2.14. The van der Waals surface area contributed by atoms with Crippen molar-refractivity contribution >= 4 is 0 Å². The molecular weight excluding hydrogens is 182 g/mol. The largest absolute Gasteiger partial charge is 0.381 e. The molecule has 1 rings (SSSR count). The Bertz CT molecular complexity index is 129. The molecule has 1 aliphatic heterocycles. The first kappa shape index (κ1) is 11.9. The van der Waals surface area contributed by atoms with E-state index >= 15 is 0 Å². The lowest BCUT2D eigenvalue weighted by Crippen LogP contribution is -2.31. The van der Waals surface area contributed by atoms with Crippen LogP contribution in [0.3, 0.4) is 0 Å². The van der Waals surface area contributed by atoms with Crippen molar-refractivity contribution in [3.63, 3.8) is 0 Å². The molecule has 84 valence electrons. The number of ether oxygens (including phenoxy) is 3. The van der Waals surface area contributed by atoms with Crippen LogP contribution in [0.4, 0.5) is 0 Å². The summed E-state index contributed by atoms with van der Waals surface area (Å²) in [5.74, 6) is 0.742. The van der Waals surface area contributed by atoms with Gasteiger partial charge in [-0.2, -0.15) is 0 Å². The highest BCUT2D eigenvalue weighted by molar-refractivity contribution is 4.65. The van der Waals surface area contributed by atoms with E-state index in [0.29, 0.717) is 0 Å². The maximum Gasteiger partial charge on any atom is 0.169 e. The van der Waals surface area contributed by atoms with Gasteiger partial charge in [-0.05, 0) is 25.3 Å². The highest BCUT2D eigenvalue weighted by Crippen LogP contribution is 2.14. The molecule has 14 heavy (non-hydrogen) atoms. The number of nitrogens with one attached hydrogen (secondary N) is 1. The molecule has 0 radical (unpaired) electrons. The standard InChI is InChI=1S/C10H21NO3/c1-12-10(13-2)7-11-5-3-9-4-6-14-8-9/h9-11H,3-8H2,1-2H3. The Morgan fingerprint density at radius 1 is 1.43 bits per heavy atom. The minimum atomic E-state index is -0.130. The second kappa shape index (κ2) is 7.17. The Labute approximate surface area is 85.9 Å². The quantitative estimate of drug-likeness (QED) is 0.486. The predicted octanol–water partition coefficient (Wildman–Crippen LogP) is 0.621. The number of rotatable bonds is 7. The topological polar surface area (TPSA) is 39.7 Å². The average Bonchev–Trinajstić information content (AvgIpc) is 2.71. The Morgan fingerprint density at radius 2 is 2.21 bits per heavy atom. The van der Waals surface area contributed by atoms with Gasteiger partial charge in [0.1, 0.15) is 0 Å². The van der Waals surface area contributed by atoms with Crippen molar-refractivity contribution < 1.29 is 14.2 Å². The third-order valence-electron chi connectivity index (χ3n) is 2.59. The summed E-state index contributed by atoms with van der Waals surface area (Å²) in [6.45, 7) is 3.63. The Hall–Kier alpha value is -0.160. The molecule has 1 aliphatic rings. The highest BCUT2D eigenvalue weighted by atomic mass is 16.7. The summed E-state index contributed by atoms with van der Waals surface area (Å²) < 4.78 is 15.4. The summed E-state index contributed by atoms with van der Waals surface area (Å²) in [6.07, 6.45) is 2.26. The van der Waals surface area contributed by atoms with E-state index in [9.17, 15) is 0 Å². The number of hydrogen-bond acceptors (Lipinski definition) is 4. The lowest BCUT2D eigenvalue weighted by Gasteiger charge is -2.14. The van der Waals surface area contributed by atoms with Crippen LogP contribution in [-0.2, 0) is 14.2 Å². The maximum absolute atomic E-state index is 5.30. The third kappa shape index (κ3) is 4.37. The summed E-state index contributed by atoms with van der Waals surface area (Å²) in [4.78, 5) is 0. The van der Waals surface area contributed by atoms with Crippen molar-refractivity contribution in [1.82, 2.24) is 5.32 Å². The summed E-state index contributed by atoms with van der Waals surface area (Å²) in [6, 6.07) is 0. The second-order valence-corrected chi connectivity index (χ2v) is 3.62. The molecule has 1 heterocycles. The van der Waals surface area contributed by atoms with E-state index in [0.717, 1.165) is 32.2 Å². The fraction of sp³-hybridized carbons (Fsp3) is 1.00. The molecule has 0 aromatic heterocycles. The average molecular weight is 203 g/mol. The van der Waals surface area contributed by atoms with Crippen LogP contribution in [0.2, 0.25) is 0 Å². The van der Waals surface area contributed by atoms with Gasteiger partial charge in [0.15, 0.2) is 6.29 Å². The molecular formula is C10H21NO3. The van der Waals surface area contributed by atoms with Crippen molar-refractivity contribution in [2.45, 2.75) is 19.1 Å². The van der Waals surface area contributed by atoms with E-state index in [1.807, 2.05) is 0 Å². The zero-order valence-corrected chi connectivity index (χ0v) is 9.12. The minimum Gasteiger partial charge on any atom is -0.381 e. The normalized spacial score (nSPS) is 22.1. The van der Waals surface area contributed by atoms with Gasteiger partial charge in [0.2, 0.25) is 0 Å². The van der Waals surface area contributed by atoms with Gasteiger partial charge < -0.3 is 19.5 Å². The van der Waals surface area contributed by atoms with Crippen LogP contribution in [0.5, 0.6) is 0 Å². The van der Waals surface area contributed by atoms with Crippen LogP contribution in [0.25, 0.3) is 0 Å². The Morgan fingerprint density at radius 3 is 2.79 bits per heavy atom. The molecule has 0 saturated carbocycles. The van der Waals surface area contributed by atoms with E-state index in [4.69, 9.17) is 14.2 Å². The Balaban J connectivity index is 1.92. The number of methoxy groups -OCH3 is 2. The summed E-state index contributed by atoms with van der Waals surface area (Å²) in [5, 5.41) is 3.31. The molecule has 0 aromatic rings. The first-order chi connectivity index (χ1) is 6.86. The second-order valence-electron chi connectivity index (χ2n) is 3.62. The predicted molar refractivity (Wildman–Crippen MR) is 54.2 cm³/mol.